The lowest BCUT2D eigenvalue weighted by molar-refractivity contribution is -0.121. The van der Waals surface area contributed by atoms with Gasteiger partial charge in [0.15, 0.2) is 0 Å². The Kier molecular flexibility index (Phi) is 6.86. The van der Waals surface area contributed by atoms with Gasteiger partial charge in [0.2, 0.25) is 5.91 Å². The Morgan fingerprint density at radius 2 is 1.85 bits per heavy atom. The molecule has 3 amide bonds. The summed E-state index contributed by atoms with van der Waals surface area (Å²) in [6.45, 7) is 12.5. The van der Waals surface area contributed by atoms with Crippen LogP contribution < -0.4 is 10.6 Å². The van der Waals surface area contributed by atoms with E-state index in [0.29, 0.717) is 27.9 Å². The van der Waals surface area contributed by atoms with Gasteiger partial charge in [-0.25, -0.2) is 9.59 Å². The average molecular weight is 572 g/mol. The van der Waals surface area contributed by atoms with Crippen LogP contribution in [0.25, 0.3) is 0 Å². The van der Waals surface area contributed by atoms with Crippen molar-refractivity contribution in [1.29, 1.82) is 0 Å². The monoisotopic (exact) mass is 571 g/mol. The van der Waals surface area contributed by atoms with E-state index in [1.54, 1.807) is 17.9 Å². The Labute approximate surface area is 235 Å². The molecule has 0 spiro atoms. The molecule has 0 bridgehead atoms. The van der Waals surface area contributed by atoms with Crippen LogP contribution in [-0.2, 0) is 21.6 Å². The standard InChI is InChI=1S/C28H38ClN5O4Si/c1-7-38-26(37)34-23(31-24(35)28(14-9-15-28)39(4,5)6)19-16-33(27(2,3)22(19)32-34)25(36)30-21-18(17-12-13-17)10-8-11-20(21)29/h8,10-11,17H,7,9,12-16H2,1-6H3,(H,30,36)(H,31,35). The first-order valence-electron chi connectivity index (χ1n) is 13.8. The van der Waals surface area contributed by atoms with Gasteiger partial charge in [0.1, 0.15) is 5.82 Å². The third kappa shape index (κ3) is 4.55. The van der Waals surface area contributed by atoms with Crippen LogP contribution in [0.3, 0.4) is 0 Å². The highest BCUT2D eigenvalue weighted by Crippen LogP contribution is 2.56. The topological polar surface area (TPSA) is 106 Å². The normalized spacial score (nSPS) is 19.2. The van der Waals surface area contributed by atoms with E-state index >= 15 is 0 Å². The molecule has 1 aromatic heterocycles. The number of aromatic nitrogens is 2. The molecule has 0 unspecified atom stereocenters. The van der Waals surface area contributed by atoms with Crippen LogP contribution in [0, 0.1) is 0 Å². The van der Waals surface area contributed by atoms with Gasteiger partial charge in [-0.05, 0) is 64.0 Å². The van der Waals surface area contributed by atoms with Crippen LogP contribution in [0.4, 0.5) is 21.1 Å². The summed E-state index contributed by atoms with van der Waals surface area (Å²) in [6.07, 6.45) is 4.19. The molecule has 1 aliphatic heterocycles. The summed E-state index contributed by atoms with van der Waals surface area (Å²) < 4.78 is 6.42. The van der Waals surface area contributed by atoms with Crippen molar-refractivity contribution in [2.24, 2.45) is 0 Å². The number of anilines is 2. The van der Waals surface area contributed by atoms with Crippen molar-refractivity contribution in [1.82, 2.24) is 14.7 Å². The van der Waals surface area contributed by atoms with Crippen molar-refractivity contribution in [2.75, 3.05) is 17.2 Å². The van der Waals surface area contributed by atoms with Crippen LogP contribution in [0.5, 0.6) is 0 Å². The van der Waals surface area contributed by atoms with Crippen LogP contribution >= 0.6 is 11.6 Å². The van der Waals surface area contributed by atoms with E-state index in [1.165, 1.54) is 0 Å². The smallest absolute Gasteiger partial charge is 0.436 e. The number of benzene rings is 1. The summed E-state index contributed by atoms with van der Waals surface area (Å²) in [4.78, 5) is 42.1. The summed E-state index contributed by atoms with van der Waals surface area (Å²) in [5.74, 6) is 0.618. The van der Waals surface area contributed by atoms with Crippen molar-refractivity contribution in [2.45, 2.75) is 95.6 Å². The number of nitrogens with one attached hydrogen (secondary N) is 2. The highest BCUT2D eigenvalue weighted by molar-refractivity contribution is 6.83. The minimum absolute atomic E-state index is 0.0768. The number of carbonyl (C=O) groups excluding carboxylic acids is 3. The quantitative estimate of drug-likeness (QED) is 0.367. The van der Waals surface area contributed by atoms with Crippen molar-refractivity contribution >= 4 is 49.2 Å². The minimum atomic E-state index is -1.87. The number of urea groups is 1. The Morgan fingerprint density at radius 1 is 1.15 bits per heavy atom. The van der Waals surface area contributed by atoms with Gasteiger partial charge in [-0.2, -0.15) is 5.10 Å². The fourth-order valence-electron chi connectivity index (χ4n) is 6.00. The molecular weight excluding hydrogens is 534 g/mol. The summed E-state index contributed by atoms with van der Waals surface area (Å²) in [5.41, 5.74) is 2.02. The van der Waals surface area contributed by atoms with E-state index in [9.17, 15) is 14.4 Å². The van der Waals surface area contributed by atoms with Gasteiger partial charge in [0, 0.05) is 10.6 Å². The molecule has 0 saturated heterocycles. The number of rotatable bonds is 6. The molecule has 2 aromatic rings. The molecule has 5 rings (SSSR count). The molecule has 2 N–H and O–H groups in total. The first-order valence-corrected chi connectivity index (χ1v) is 17.7. The second-order valence-corrected chi connectivity index (χ2v) is 18.3. The Balaban J connectivity index is 1.48. The van der Waals surface area contributed by atoms with E-state index < -0.39 is 24.7 Å². The van der Waals surface area contributed by atoms with E-state index in [-0.39, 0.29) is 30.9 Å². The van der Waals surface area contributed by atoms with Gasteiger partial charge in [0.25, 0.3) is 0 Å². The summed E-state index contributed by atoms with van der Waals surface area (Å²) in [7, 11) is -1.87. The Morgan fingerprint density at radius 3 is 2.41 bits per heavy atom. The van der Waals surface area contributed by atoms with Crippen LogP contribution in [0.1, 0.15) is 75.6 Å². The Bertz CT molecular complexity index is 1340. The highest BCUT2D eigenvalue weighted by atomic mass is 35.5. The van der Waals surface area contributed by atoms with Gasteiger partial charge in [0.05, 0.1) is 43.2 Å². The molecule has 39 heavy (non-hydrogen) atoms. The zero-order valence-corrected chi connectivity index (χ0v) is 25.4. The van der Waals surface area contributed by atoms with E-state index in [2.05, 4.69) is 35.4 Å². The van der Waals surface area contributed by atoms with Gasteiger partial charge >= 0.3 is 12.1 Å². The summed E-state index contributed by atoms with van der Waals surface area (Å²) >= 11 is 6.51. The maximum atomic E-state index is 13.8. The van der Waals surface area contributed by atoms with Crippen LogP contribution in [0.15, 0.2) is 18.2 Å². The Hall–Kier alpha value is -2.85. The van der Waals surface area contributed by atoms with E-state index in [1.807, 2.05) is 26.0 Å². The molecule has 2 saturated carbocycles. The molecule has 0 atom stereocenters. The summed E-state index contributed by atoms with van der Waals surface area (Å²) in [5, 5.41) is 10.8. The number of amides is 3. The fourth-order valence-corrected chi connectivity index (χ4v) is 8.83. The van der Waals surface area contributed by atoms with Gasteiger partial charge in [-0.1, -0.05) is 49.8 Å². The number of hydrogen-bond acceptors (Lipinski definition) is 5. The number of ether oxygens (including phenoxy) is 1. The predicted octanol–water partition coefficient (Wildman–Crippen LogP) is 6.90. The first-order chi connectivity index (χ1) is 18.3. The van der Waals surface area contributed by atoms with Crippen molar-refractivity contribution in [3.05, 3.63) is 40.0 Å². The van der Waals surface area contributed by atoms with Crippen molar-refractivity contribution in [3.63, 3.8) is 0 Å². The number of fused-ring (bicyclic) bond motifs is 1. The first kappa shape index (κ1) is 27.7. The number of carbonyl (C=O) groups is 3. The molecule has 9 nitrogen and oxygen atoms in total. The largest absolute Gasteiger partial charge is 0.448 e. The third-order valence-corrected chi connectivity index (χ3v) is 12.8. The number of halogens is 1. The molecule has 3 aliphatic rings. The predicted molar refractivity (Wildman–Crippen MR) is 154 cm³/mol. The van der Waals surface area contributed by atoms with E-state index in [0.717, 1.165) is 42.3 Å². The van der Waals surface area contributed by atoms with Crippen molar-refractivity contribution in [3.8, 4) is 0 Å². The molecule has 0 radical (unpaired) electrons. The zero-order chi connectivity index (χ0) is 28.3. The highest BCUT2D eigenvalue weighted by Gasteiger charge is 2.54. The molecule has 11 heteroatoms. The molecule has 1 aromatic carbocycles. The molecular formula is C28H38ClN5O4Si. The van der Waals surface area contributed by atoms with Gasteiger partial charge in [-0.15, -0.1) is 4.68 Å². The second-order valence-electron chi connectivity index (χ2n) is 12.5. The SMILES string of the molecule is CCOC(=O)n1nc2c(c1NC(=O)C1([Si](C)(C)C)CCC1)CN(C(=O)Nc1c(Cl)cccc1C1CC1)C2(C)C. The number of nitrogens with zero attached hydrogens (tertiary/aromatic N) is 3. The van der Waals surface area contributed by atoms with E-state index in [4.69, 9.17) is 16.3 Å². The second kappa shape index (κ2) is 9.66. The van der Waals surface area contributed by atoms with Crippen LogP contribution in [0.2, 0.25) is 29.7 Å². The zero-order valence-electron chi connectivity index (χ0n) is 23.6. The third-order valence-electron chi connectivity index (χ3n) is 8.84. The lowest BCUT2D eigenvalue weighted by atomic mass is 9.83. The van der Waals surface area contributed by atoms with Gasteiger partial charge < -0.3 is 20.3 Å². The lowest BCUT2D eigenvalue weighted by Crippen LogP contribution is -2.52. The minimum Gasteiger partial charge on any atom is -0.448 e. The fraction of sp³-hybridized carbons (Fsp3) is 0.571. The maximum absolute atomic E-state index is 13.8. The number of para-hydroxylation sites is 1. The lowest BCUT2D eigenvalue weighted by Gasteiger charge is -2.48. The average Bonchev–Trinajstić information content (AvgIpc) is 3.53. The van der Waals surface area contributed by atoms with Gasteiger partial charge in [-0.3, -0.25) is 4.79 Å². The number of hydrogen-bond donors (Lipinski definition) is 2. The van der Waals surface area contributed by atoms with Crippen molar-refractivity contribution < 1.29 is 19.1 Å². The molecule has 2 fully saturated rings. The summed E-state index contributed by atoms with van der Waals surface area (Å²) in [6, 6.07) is 5.38. The molecule has 2 aliphatic carbocycles. The van der Waals surface area contributed by atoms with Crippen LogP contribution in [-0.4, -0.2) is 47.4 Å². The maximum Gasteiger partial charge on any atom is 0.436 e. The molecule has 2 heterocycles. The molecule has 210 valence electrons.